The van der Waals surface area contributed by atoms with Gasteiger partial charge in [0, 0.05) is 36.9 Å². The number of carbonyl (C=O) groups excluding carboxylic acids is 1. The van der Waals surface area contributed by atoms with Crippen molar-refractivity contribution in [1.82, 2.24) is 9.21 Å². The quantitative estimate of drug-likeness (QED) is 0.909. The fourth-order valence-corrected chi connectivity index (χ4v) is 4.01. The molecule has 0 atom stereocenters. The summed E-state index contributed by atoms with van der Waals surface area (Å²) in [6.45, 7) is 3.29. The minimum Gasteiger partial charge on any atom is -0.322 e. The van der Waals surface area contributed by atoms with E-state index in [-0.39, 0.29) is 11.8 Å². The maximum atomic E-state index is 12.2. The highest BCUT2D eigenvalue weighted by Gasteiger charge is 2.28. The van der Waals surface area contributed by atoms with E-state index in [1.165, 1.54) is 4.31 Å². The van der Waals surface area contributed by atoms with E-state index in [0.29, 0.717) is 43.3 Å². The van der Waals surface area contributed by atoms with Crippen LogP contribution in [0.2, 0.25) is 5.02 Å². The number of benzene rings is 1. The summed E-state index contributed by atoms with van der Waals surface area (Å²) in [5.41, 5.74) is 0.624. The molecule has 2 rings (SSSR count). The SMILES string of the molecule is CCCS(=O)(=O)N1CCN(C(=O)Nc2cccc(Cl)c2)CC1. The number of rotatable bonds is 4. The molecule has 6 nitrogen and oxygen atoms in total. The second-order valence-corrected chi connectivity index (χ2v) is 7.67. The average molecular weight is 346 g/mol. The minimum absolute atomic E-state index is 0.154. The summed E-state index contributed by atoms with van der Waals surface area (Å²) < 4.78 is 25.4. The number of sulfonamides is 1. The normalized spacial score (nSPS) is 16.5. The number of hydrogen-bond donors (Lipinski definition) is 1. The Morgan fingerprint density at radius 2 is 1.95 bits per heavy atom. The largest absolute Gasteiger partial charge is 0.322 e. The lowest BCUT2D eigenvalue weighted by Gasteiger charge is -2.33. The van der Waals surface area contributed by atoms with E-state index in [1.54, 1.807) is 29.2 Å². The lowest BCUT2D eigenvalue weighted by atomic mass is 10.3. The Bertz CT molecular complexity index is 628. The first-order valence-electron chi connectivity index (χ1n) is 7.21. The van der Waals surface area contributed by atoms with Crippen molar-refractivity contribution in [2.75, 3.05) is 37.2 Å². The molecule has 1 aromatic carbocycles. The number of nitrogens with one attached hydrogen (secondary N) is 1. The molecule has 1 N–H and O–H groups in total. The first-order valence-corrected chi connectivity index (χ1v) is 9.20. The number of nitrogens with zero attached hydrogens (tertiary/aromatic N) is 2. The Balaban J connectivity index is 1.90. The number of anilines is 1. The first kappa shape index (κ1) is 17.1. The minimum atomic E-state index is -3.19. The van der Waals surface area contributed by atoms with E-state index in [0.717, 1.165) is 0 Å². The molecule has 1 aliphatic heterocycles. The van der Waals surface area contributed by atoms with Crippen LogP contribution in [0.1, 0.15) is 13.3 Å². The molecule has 1 aliphatic rings. The lowest BCUT2D eigenvalue weighted by Crippen LogP contribution is -2.52. The third kappa shape index (κ3) is 4.34. The van der Waals surface area contributed by atoms with Crippen LogP contribution >= 0.6 is 11.6 Å². The number of carbonyl (C=O) groups is 1. The molecule has 0 unspecified atom stereocenters. The molecule has 22 heavy (non-hydrogen) atoms. The molecule has 2 amide bonds. The van der Waals surface area contributed by atoms with Gasteiger partial charge in [0.1, 0.15) is 0 Å². The van der Waals surface area contributed by atoms with Gasteiger partial charge in [0.05, 0.1) is 5.75 Å². The maximum Gasteiger partial charge on any atom is 0.321 e. The van der Waals surface area contributed by atoms with Gasteiger partial charge in [0.25, 0.3) is 0 Å². The molecule has 122 valence electrons. The van der Waals surface area contributed by atoms with Gasteiger partial charge >= 0.3 is 6.03 Å². The van der Waals surface area contributed by atoms with Crippen LogP contribution < -0.4 is 5.32 Å². The smallest absolute Gasteiger partial charge is 0.321 e. The van der Waals surface area contributed by atoms with E-state index < -0.39 is 10.0 Å². The molecular weight excluding hydrogens is 326 g/mol. The topological polar surface area (TPSA) is 69.7 Å². The van der Waals surface area contributed by atoms with Crippen molar-refractivity contribution in [3.05, 3.63) is 29.3 Å². The Morgan fingerprint density at radius 3 is 2.55 bits per heavy atom. The van der Waals surface area contributed by atoms with Crippen LogP contribution in [0.25, 0.3) is 0 Å². The van der Waals surface area contributed by atoms with E-state index in [4.69, 9.17) is 11.6 Å². The molecule has 0 bridgehead atoms. The van der Waals surface area contributed by atoms with Crippen molar-refractivity contribution in [3.63, 3.8) is 0 Å². The van der Waals surface area contributed by atoms with Gasteiger partial charge < -0.3 is 10.2 Å². The molecule has 8 heteroatoms. The summed E-state index contributed by atoms with van der Waals surface area (Å²) >= 11 is 5.87. The molecule has 0 saturated carbocycles. The van der Waals surface area contributed by atoms with Crippen molar-refractivity contribution < 1.29 is 13.2 Å². The van der Waals surface area contributed by atoms with Crippen LogP contribution in [0.15, 0.2) is 24.3 Å². The van der Waals surface area contributed by atoms with Crippen LogP contribution in [0.4, 0.5) is 10.5 Å². The van der Waals surface area contributed by atoms with Crippen molar-refractivity contribution in [2.24, 2.45) is 0 Å². The summed E-state index contributed by atoms with van der Waals surface area (Å²) in [5, 5.41) is 3.32. The predicted molar refractivity (Wildman–Crippen MR) is 87.7 cm³/mol. The molecule has 1 fully saturated rings. The van der Waals surface area contributed by atoms with Crippen molar-refractivity contribution in [2.45, 2.75) is 13.3 Å². The lowest BCUT2D eigenvalue weighted by molar-refractivity contribution is 0.184. The number of halogens is 1. The molecule has 1 saturated heterocycles. The van der Waals surface area contributed by atoms with E-state index in [9.17, 15) is 13.2 Å². The molecule has 0 aliphatic carbocycles. The van der Waals surface area contributed by atoms with Gasteiger partial charge in [-0.3, -0.25) is 0 Å². The highest BCUT2D eigenvalue weighted by Crippen LogP contribution is 2.16. The summed E-state index contributed by atoms with van der Waals surface area (Å²) in [6.07, 6.45) is 0.595. The summed E-state index contributed by atoms with van der Waals surface area (Å²) in [6, 6.07) is 6.67. The molecule has 1 aromatic rings. The van der Waals surface area contributed by atoms with E-state index >= 15 is 0 Å². The summed E-state index contributed by atoms with van der Waals surface area (Å²) in [4.78, 5) is 13.8. The van der Waals surface area contributed by atoms with Gasteiger partial charge in [0.2, 0.25) is 10.0 Å². The predicted octanol–water partition coefficient (Wildman–Crippen LogP) is 2.23. The monoisotopic (exact) mass is 345 g/mol. The van der Waals surface area contributed by atoms with Crippen molar-refractivity contribution in [1.29, 1.82) is 0 Å². The number of hydrogen-bond acceptors (Lipinski definition) is 3. The van der Waals surface area contributed by atoms with Crippen LogP contribution in [-0.2, 0) is 10.0 Å². The van der Waals surface area contributed by atoms with Crippen LogP contribution in [-0.4, -0.2) is 55.6 Å². The third-order valence-electron chi connectivity index (χ3n) is 3.46. The number of piperazine rings is 1. The molecule has 0 aromatic heterocycles. The van der Waals surface area contributed by atoms with Crippen LogP contribution in [0.3, 0.4) is 0 Å². The van der Waals surface area contributed by atoms with Crippen molar-refractivity contribution >= 4 is 33.3 Å². The molecule has 1 heterocycles. The van der Waals surface area contributed by atoms with Gasteiger partial charge in [-0.05, 0) is 24.6 Å². The standard InChI is InChI=1S/C14H20ClN3O3S/c1-2-10-22(20,21)18-8-6-17(7-9-18)14(19)16-13-5-3-4-12(15)11-13/h3-5,11H,2,6-10H2,1H3,(H,16,19). The fraction of sp³-hybridized carbons (Fsp3) is 0.500. The van der Waals surface area contributed by atoms with Gasteiger partial charge in [-0.25, -0.2) is 13.2 Å². The highest BCUT2D eigenvalue weighted by molar-refractivity contribution is 7.89. The second kappa shape index (κ2) is 7.30. The Kier molecular flexibility index (Phi) is 5.66. The molecule has 0 spiro atoms. The second-order valence-electron chi connectivity index (χ2n) is 5.14. The Labute approximate surface area is 136 Å². The van der Waals surface area contributed by atoms with Crippen LogP contribution in [0, 0.1) is 0 Å². The number of amides is 2. The highest BCUT2D eigenvalue weighted by atomic mass is 35.5. The van der Waals surface area contributed by atoms with Gasteiger partial charge in [-0.2, -0.15) is 4.31 Å². The zero-order valence-electron chi connectivity index (χ0n) is 12.5. The zero-order valence-corrected chi connectivity index (χ0v) is 14.0. The summed E-state index contributed by atoms with van der Waals surface area (Å²) in [7, 11) is -3.19. The zero-order chi connectivity index (χ0) is 16.2. The average Bonchev–Trinajstić information content (AvgIpc) is 2.47. The van der Waals surface area contributed by atoms with Crippen molar-refractivity contribution in [3.8, 4) is 0 Å². The van der Waals surface area contributed by atoms with Crippen LogP contribution in [0.5, 0.6) is 0 Å². The van der Waals surface area contributed by atoms with Gasteiger partial charge in [0.15, 0.2) is 0 Å². The molecular formula is C14H20ClN3O3S. The van der Waals surface area contributed by atoms with E-state index in [1.807, 2.05) is 6.92 Å². The Hall–Kier alpha value is -1.31. The Morgan fingerprint density at radius 1 is 1.27 bits per heavy atom. The van der Waals surface area contributed by atoms with E-state index in [2.05, 4.69) is 5.32 Å². The third-order valence-corrected chi connectivity index (χ3v) is 5.77. The maximum absolute atomic E-state index is 12.2. The fourth-order valence-electron chi connectivity index (χ4n) is 2.33. The summed E-state index contributed by atoms with van der Waals surface area (Å²) in [5.74, 6) is 0.154. The first-order chi connectivity index (χ1) is 10.4. The molecule has 0 radical (unpaired) electrons. The van der Waals surface area contributed by atoms with Gasteiger partial charge in [-0.1, -0.05) is 24.6 Å². The number of urea groups is 1. The van der Waals surface area contributed by atoms with Gasteiger partial charge in [-0.15, -0.1) is 0 Å².